The zero-order valence-electron chi connectivity index (χ0n) is 8.20. The minimum absolute atomic E-state index is 0.0874. The van der Waals surface area contributed by atoms with E-state index in [9.17, 15) is 9.90 Å². The number of hydrogen-bond donors (Lipinski definition) is 1. The SMILES string of the molecule is CCOC(=O)[C@@H](C)[C@H](O)C(C)C. The maximum Gasteiger partial charge on any atom is 0.311 e. The van der Waals surface area contributed by atoms with E-state index < -0.39 is 12.0 Å². The predicted octanol–water partition coefficient (Wildman–Crippen LogP) is 1.20. The van der Waals surface area contributed by atoms with E-state index in [-0.39, 0.29) is 11.9 Å². The van der Waals surface area contributed by atoms with E-state index in [1.807, 2.05) is 13.8 Å². The Kier molecular flexibility index (Phi) is 4.90. The molecule has 0 bridgehead atoms. The van der Waals surface area contributed by atoms with Gasteiger partial charge in [0.1, 0.15) is 0 Å². The molecule has 0 amide bonds. The fourth-order valence-electron chi connectivity index (χ4n) is 0.990. The molecular weight excluding hydrogens is 156 g/mol. The van der Waals surface area contributed by atoms with Crippen LogP contribution >= 0.6 is 0 Å². The largest absolute Gasteiger partial charge is 0.466 e. The lowest BCUT2D eigenvalue weighted by molar-refractivity contribution is -0.152. The van der Waals surface area contributed by atoms with Crippen molar-refractivity contribution in [2.75, 3.05) is 6.61 Å². The molecule has 0 rings (SSSR count). The van der Waals surface area contributed by atoms with Crippen molar-refractivity contribution in [2.24, 2.45) is 11.8 Å². The van der Waals surface area contributed by atoms with E-state index in [2.05, 4.69) is 0 Å². The standard InChI is InChI=1S/C9H18O3/c1-5-12-9(11)7(4)8(10)6(2)3/h6-8,10H,5H2,1-4H3/t7-,8+/m0/s1. The molecular formula is C9H18O3. The fraction of sp³-hybridized carbons (Fsp3) is 0.889. The molecule has 0 aromatic carbocycles. The first-order valence-electron chi connectivity index (χ1n) is 4.35. The summed E-state index contributed by atoms with van der Waals surface area (Å²) in [7, 11) is 0. The Morgan fingerprint density at radius 1 is 1.42 bits per heavy atom. The van der Waals surface area contributed by atoms with Gasteiger partial charge in [0.15, 0.2) is 0 Å². The predicted molar refractivity (Wildman–Crippen MR) is 46.6 cm³/mol. The van der Waals surface area contributed by atoms with Crippen LogP contribution in [0.1, 0.15) is 27.7 Å². The molecule has 0 fully saturated rings. The van der Waals surface area contributed by atoms with Gasteiger partial charge < -0.3 is 9.84 Å². The molecule has 0 unspecified atom stereocenters. The molecule has 0 saturated carbocycles. The molecule has 0 radical (unpaired) electrons. The van der Waals surface area contributed by atoms with Gasteiger partial charge in [-0.2, -0.15) is 0 Å². The fourth-order valence-corrected chi connectivity index (χ4v) is 0.990. The van der Waals surface area contributed by atoms with Crippen LogP contribution in [0, 0.1) is 11.8 Å². The van der Waals surface area contributed by atoms with Gasteiger partial charge in [0.25, 0.3) is 0 Å². The monoisotopic (exact) mass is 174 g/mol. The highest BCUT2D eigenvalue weighted by molar-refractivity contribution is 5.72. The summed E-state index contributed by atoms with van der Waals surface area (Å²) in [5.74, 6) is -0.659. The number of aliphatic hydroxyl groups is 1. The summed E-state index contributed by atoms with van der Waals surface area (Å²) in [6.07, 6.45) is -0.607. The third kappa shape index (κ3) is 3.22. The zero-order chi connectivity index (χ0) is 9.72. The molecule has 0 aliphatic heterocycles. The van der Waals surface area contributed by atoms with Gasteiger partial charge in [-0.1, -0.05) is 13.8 Å². The Hall–Kier alpha value is -0.570. The van der Waals surface area contributed by atoms with Crippen molar-refractivity contribution < 1.29 is 14.6 Å². The first-order chi connectivity index (χ1) is 5.50. The Morgan fingerprint density at radius 3 is 2.25 bits per heavy atom. The molecule has 0 heterocycles. The van der Waals surface area contributed by atoms with Gasteiger partial charge in [-0.05, 0) is 19.8 Å². The first-order valence-corrected chi connectivity index (χ1v) is 4.35. The summed E-state index contributed by atoms with van der Waals surface area (Å²) >= 11 is 0. The van der Waals surface area contributed by atoms with E-state index in [4.69, 9.17) is 4.74 Å². The van der Waals surface area contributed by atoms with Crippen LogP contribution in [0.2, 0.25) is 0 Å². The second kappa shape index (κ2) is 5.14. The maximum absolute atomic E-state index is 11.1. The summed E-state index contributed by atoms with van der Waals surface area (Å²) < 4.78 is 4.78. The molecule has 3 heteroatoms. The second-order valence-electron chi connectivity index (χ2n) is 3.28. The van der Waals surface area contributed by atoms with Gasteiger partial charge in [-0.25, -0.2) is 0 Å². The molecule has 0 spiro atoms. The summed E-state index contributed by atoms with van der Waals surface area (Å²) in [5.41, 5.74) is 0. The second-order valence-corrected chi connectivity index (χ2v) is 3.28. The Bertz CT molecular complexity index is 143. The van der Waals surface area contributed by atoms with Crippen LogP contribution in [-0.4, -0.2) is 23.8 Å². The molecule has 72 valence electrons. The lowest BCUT2D eigenvalue weighted by Crippen LogP contribution is -2.31. The molecule has 12 heavy (non-hydrogen) atoms. The van der Waals surface area contributed by atoms with Gasteiger partial charge in [-0.3, -0.25) is 4.79 Å². The van der Waals surface area contributed by atoms with Gasteiger partial charge >= 0.3 is 5.97 Å². The number of carbonyl (C=O) groups excluding carboxylic acids is 1. The van der Waals surface area contributed by atoms with Crippen molar-refractivity contribution in [1.29, 1.82) is 0 Å². The van der Waals surface area contributed by atoms with Crippen LogP contribution in [0.15, 0.2) is 0 Å². The van der Waals surface area contributed by atoms with Gasteiger partial charge in [0, 0.05) is 0 Å². The normalized spacial score (nSPS) is 15.8. The molecule has 0 aliphatic rings. The maximum atomic E-state index is 11.1. The quantitative estimate of drug-likeness (QED) is 0.651. The van der Waals surface area contributed by atoms with Crippen molar-refractivity contribution in [3.63, 3.8) is 0 Å². The number of aliphatic hydroxyl groups excluding tert-OH is 1. The topological polar surface area (TPSA) is 46.5 Å². The summed E-state index contributed by atoms with van der Waals surface area (Å²) in [4.78, 5) is 11.1. The minimum Gasteiger partial charge on any atom is -0.466 e. The van der Waals surface area contributed by atoms with Crippen molar-refractivity contribution in [2.45, 2.75) is 33.8 Å². The van der Waals surface area contributed by atoms with Crippen LogP contribution in [0.5, 0.6) is 0 Å². The van der Waals surface area contributed by atoms with Crippen LogP contribution < -0.4 is 0 Å². The third-order valence-corrected chi connectivity index (χ3v) is 1.85. The Balaban J connectivity index is 4.00. The number of ether oxygens (including phenoxy) is 1. The van der Waals surface area contributed by atoms with Gasteiger partial charge in [0.05, 0.1) is 18.6 Å². The third-order valence-electron chi connectivity index (χ3n) is 1.85. The van der Waals surface area contributed by atoms with Crippen LogP contribution in [0.4, 0.5) is 0 Å². The van der Waals surface area contributed by atoms with Crippen molar-refractivity contribution in [3.8, 4) is 0 Å². The molecule has 0 aromatic heterocycles. The van der Waals surface area contributed by atoms with E-state index in [0.717, 1.165) is 0 Å². The van der Waals surface area contributed by atoms with Gasteiger partial charge in [0.2, 0.25) is 0 Å². The first kappa shape index (κ1) is 11.4. The highest BCUT2D eigenvalue weighted by Crippen LogP contribution is 2.13. The lowest BCUT2D eigenvalue weighted by atomic mass is 9.95. The molecule has 3 nitrogen and oxygen atoms in total. The molecule has 0 aliphatic carbocycles. The van der Waals surface area contributed by atoms with Crippen molar-refractivity contribution >= 4 is 5.97 Å². The molecule has 0 aromatic rings. The van der Waals surface area contributed by atoms with E-state index >= 15 is 0 Å². The smallest absolute Gasteiger partial charge is 0.311 e. The van der Waals surface area contributed by atoms with E-state index in [0.29, 0.717) is 6.61 Å². The Morgan fingerprint density at radius 2 is 1.92 bits per heavy atom. The van der Waals surface area contributed by atoms with E-state index in [1.54, 1.807) is 13.8 Å². The van der Waals surface area contributed by atoms with Crippen LogP contribution in [-0.2, 0) is 9.53 Å². The average molecular weight is 174 g/mol. The zero-order valence-corrected chi connectivity index (χ0v) is 8.20. The summed E-state index contributed by atoms with van der Waals surface area (Å²) in [6.45, 7) is 7.56. The number of rotatable bonds is 4. The molecule has 0 saturated heterocycles. The molecule has 1 N–H and O–H groups in total. The van der Waals surface area contributed by atoms with Crippen molar-refractivity contribution in [1.82, 2.24) is 0 Å². The number of hydrogen-bond acceptors (Lipinski definition) is 3. The van der Waals surface area contributed by atoms with Crippen LogP contribution in [0.3, 0.4) is 0 Å². The van der Waals surface area contributed by atoms with Crippen molar-refractivity contribution in [3.05, 3.63) is 0 Å². The molecule has 2 atom stereocenters. The van der Waals surface area contributed by atoms with Gasteiger partial charge in [-0.15, -0.1) is 0 Å². The average Bonchev–Trinajstić information content (AvgIpc) is 2.02. The highest BCUT2D eigenvalue weighted by Gasteiger charge is 2.25. The van der Waals surface area contributed by atoms with Crippen LogP contribution in [0.25, 0.3) is 0 Å². The number of esters is 1. The minimum atomic E-state index is -0.607. The number of carbonyl (C=O) groups is 1. The highest BCUT2D eigenvalue weighted by atomic mass is 16.5. The summed E-state index contributed by atoms with van der Waals surface area (Å²) in [6, 6.07) is 0. The Labute approximate surface area is 73.7 Å². The van der Waals surface area contributed by atoms with E-state index in [1.165, 1.54) is 0 Å². The lowest BCUT2D eigenvalue weighted by Gasteiger charge is -2.20. The summed E-state index contributed by atoms with van der Waals surface area (Å²) in [5, 5.41) is 9.49.